The van der Waals surface area contributed by atoms with Crippen LogP contribution in [-0.4, -0.2) is 24.2 Å². The third-order valence-electron chi connectivity index (χ3n) is 3.39. The zero-order valence-electron chi connectivity index (χ0n) is 13.0. The van der Waals surface area contributed by atoms with Crippen LogP contribution in [0, 0.1) is 0 Å². The number of rotatable bonds is 7. The van der Waals surface area contributed by atoms with E-state index in [9.17, 15) is 4.79 Å². The molecule has 1 amide bonds. The highest BCUT2D eigenvalue weighted by Gasteiger charge is 2.12. The topological polar surface area (TPSA) is 58.6 Å². The molecule has 0 heterocycles. The molecule has 0 fully saturated rings. The fraction of sp³-hybridized carbons (Fsp3) is 0.278. The highest BCUT2D eigenvalue weighted by molar-refractivity contribution is 6.30. The highest BCUT2D eigenvalue weighted by Crippen LogP contribution is 2.23. The lowest BCUT2D eigenvalue weighted by molar-refractivity contribution is 0.0950. The molecule has 0 spiro atoms. The van der Waals surface area contributed by atoms with Crippen LogP contribution in [0.4, 0.5) is 0 Å². The number of nitrogens with one attached hydrogen (secondary N) is 1. The Labute approximate surface area is 141 Å². The molecule has 2 aromatic rings. The summed E-state index contributed by atoms with van der Waals surface area (Å²) >= 11 is 5.94. The van der Waals surface area contributed by atoms with Crippen LogP contribution in [0.25, 0.3) is 0 Å². The largest absolute Gasteiger partial charge is 0.493 e. The molecule has 0 aliphatic rings. The Morgan fingerprint density at radius 1 is 1.17 bits per heavy atom. The van der Waals surface area contributed by atoms with Gasteiger partial charge in [0.05, 0.1) is 18.8 Å². The van der Waals surface area contributed by atoms with Crippen molar-refractivity contribution in [2.24, 2.45) is 0 Å². The predicted molar refractivity (Wildman–Crippen MR) is 91.0 cm³/mol. The molecule has 0 aliphatic heterocycles. The number of amides is 1. The monoisotopic (exact) mass is 333 g/mol. The van der Waals surface area contributed by atoms with E-state index in [0.717, 1.165) is 17.5 Å². The van der Waals surface area contributed by atoms with Gasteiger partial charge in [0, 0.05) is 11.6 Å². The maximum atomic E-state index is 12.3. The van der Waals surface area contributed by atoms with Crippen molar-refractivity contribution in [1.29, 1.82) is 0 Å². The highest BCUT2D eigenvalue weighted by atomic mass is 35.5. The fourth-order valence-electron chi connectivity index (χ4n) is 2.19. The van der Waals surface area contributed by atoms with Gasteiger partial charge in [0.25, 0.3) is 5.91 Å². The number of carbonyl (C=O) groups is 1. The molecule has 0 aromatic heterocycles. The molecule has 0 atom stereocenters. The number of hydrogen-bond donors (Lipinski definition) is 2. The summed E-state index contributed by atoms with van der Waals surface area (Å²) in [5, 5.41) is 12.4. The van der Waals surface area contributed by atoms with E-state index in [-0.39, 0.29) is 12.5 Å². The first-order valence-corrected chi connectivity index (χ1v) is 7.91. The minimum Gasteiger partial charge on any atom is -0.493 e. The summed E-state index contributed by atoms with van der Waals surface area (Å²) in [6.45, 7) is 2.88. The Balaban J connectivity index is 1.94. The smallest absolute Gasteiger partial charge is 0.255 e. The first-order chi connectivity index (χ1) is 11.1. The van der Waals surface area contributed by atoms with Gasteiger partial charge in [0.15, 0.2) is 0 Å². The van der Waals surface area contributed by atoms with Crippen molar-refractivity contribution in [2.75, 3.05) is 13.2 Å². The Morgan fingerprint density at radius 2 is 1.87 bits per heavy atom. The fourth-order valence-corrected chi connectivity index (χ4v) is 2.35. The molecule has 0 saturated heterocycles. The zero-order chi connectivity index (χ0) is 16.7. The first-order valence-electron chi connectivity index (χ1n) is 7.53. The SMILES string of the molecule is CCOc1cc(Cl)ccc1C(=O)NCCc1ccc(CO)cc1. The van der Waals surface area contributed by atoms with Gasteiger partial charge in [-0.25, -0.2) is 0 Å². The number of aliphatic hydroxyl groups excluding tert-OH is 1. The summed E-state index contributed by atoms with van der Waals surface area (Å²) in [4.78, 5) is 12.3. The predicted octanol–water partition coefficient (Wildman–Crippen LogP) is 3.20. The molecule has 0 bridgehead atoms. The molecular weight excluding hydrogens is 314 g/mol. The first kappa shape index (κ1) is 17.3. The van der Waals surface area contributed by atoms with Gasteiger partial charge < -0.3 is 15.2 Å². The maximum Gasteiger partial charge on any atom is 0.255 e. The van der Waals surface area contributed by atoms with Crippen LogP contribution in [-0.2, 0) is 13.0 Å². The van der Waals surface area contributed by atoms with Crippen LogP contribution >= 0.6 is 11.6 Å². The molecule has 0 aliphatic carbocycles. The molecule has 23 heavy (non-hydrogen) atoms. The van der Waals surface area contributed by atoms with Gasteiger partial charge in [0.2, 0.25) is 0 Å². The molecule has 2 N–H and O–H groups in total. The molecule has 0 radical (unpaired) electrons. The number of aliphatic hydroxyl groups is 1. The van der Waals surface area contributed by atoms with Crippen LogP contribution in [0.2, 0.25) is 5.02 Å². The Bertz CT molecular complexity index is 656. The third-order valence-corrected chi connectivity index (χ3v) is 3.63. The minimum absolute atomic E-state index is 0.0355. The van der Waals surface area contributed by atoms with E-state index in [1.165, 1.54) is 0 Å². The molecule has 0 unspecified atom stereocenters. The van der Waals surface area contributed by atoms with E-state index in [1.54, 1.807) is 18.2 Å². The van der Waals surface area contributed by atoms with Gasteiger partial charge in [0.1, 0.15) is 5.75 Å². The lowest BCUT2D eigenvalue weighted by Crippen LogP contribution is -2.26. The zero-order valence-corrected chi connectivity index (χ0v) is 13.8. The second kappa shape index (κ2) is 8.56. The van der Waals surface area contributed by atoms with Gasteiger partial charge in [-0.05, 0) is 42.7 Å². The molecule has 2 aromatic carbocycles. The van der Waals surface area contributed by atoms with Gasteiger partial charge in [-0.2, -0.15) is 0 Å². The van der Waals surface area contributed by atoms with Crippen molar-refractivity contribution in [2.45, 2.75) is 20.0 Å². The number of carbonyl (C=O) groups excluding carboxylic acids is 1. The second-order valence-electron chi connectivity index (χ2n) is 5.05. The molecule has 5 heteroatoms. The lowest BCUT2D eigenvalue weighted by atomic mass is 10.1. The molecule has 2 rings (SSSR count). The van der Waals surface area contributed by atoms with Gasteiger partial charge in [-0.15, -0.1) is 0 Å². The standard InChI is InChI=1S/C18H20ClNO3/c1-2-23-17-11-15(19)7-8-16(17)18(22)20-10-9-13-3-5-14(12-21)6-4-13/h3-8,11,21H,2,9-10,12H2,1H3,(H,20,22). The van der Waals surface area contributed by atoms with Crippen molar-refractivity contribution in [1.82, 2.24) is 5.32 Å². The summed E-state index contributed by atoms with van der Waals surface area (Å²) in [6.07, 6.45) is 0.717. The average Bonchev–Trinajstić information content (AvgIpc) is 2.56. The number of hydrogen-bond acceptors (Lipinski definition) is 3. The second-order valence-corrected chi connectivity index (χ2v) is 5.49. The van der Waals surface area contributed by atoms with Crippen molar-refractivity contribution < 1.29 is 14.6 Å². The molecule has 122 valence electrons. The normalized spacial score (nSPS) is 10.4. The van der Waals surface area contributed by atoms with Crippen molar-refractivity contribution in [3.63, 3.8) is 0 Å². The third kappa shape index (κ3) is 4.98. The Hall–Kier alpha value is -2.04. The van der Waals surface area contributed by atoms with E-state index < -0.39 is 0 Å². The van der Waals surface area contributed by atoms with Crippen LogP contribution in [0.5, 0.6) is 5.75 Å². The number of benzene rings is 2. The molecule has 0 saturated carbocycles. The van der Waals surface area contributed by atoms with E-state index in [2.05, 4.69) is 5.32 Å². The van der Waals surface area contributed by atoms with Crippen LogP contribution in [0.1, 0.15) is 28.4 Å². The van der Waals surface area contributed by atoms with E-state index >= 15 is 0 Å². The number of ether oxygens (including phenoxy) is 1. The van der Waals surface area contributed by atoms with E-state index in [4.69, 9.17) is 21.4 Å². The number of halogens is 1. The quantitative estimate of drug-likeness (QED) is 0.818. The van der Waals surface area contributed by atoms with Gasteiger partial charge in [-0.3, -0.25) is 4.79 Å². The summed E-state index contributed by atoms with van der Waals surface area (Å²) in [7, 11) is 0. The maximum absolute atomic E-state index is 12.3. The minimum atomic E-state index is -0.183. The average molecular weight is 334 g/mol. The molecule has 4 nitrogen and oxygen atoms in total. The Kier molecular flexibility index (Phi) is 6.44. The van der Waals surface area contributed by atoms with Crippen molar-refractivity contribution in [3.8, 4) is 5.75 Å². The summed E-state index contributed by atoms with van der Waals surface area (Å²) in [5.41, 5.74) is 2.45. The Morgan fingerprint density at radius 3 is 2.52 bits per heavy atom. The van der Waals surface area contributed by atoms with Crippen LogP contribution in [0.3, 0.4) is 0 Å². The van der Waals surface area contributed by atoms with Crippen LogP contribution in [0.15, 0.2) is 42.5 Å². The molecular formula is C18H20ClNO3. The lowest BCUT2D eigenvalue weighted by Gasteiger charge is -2.11. The summed E-state index contributed by atoms with van der Waals surface area (Å²) in [5.74, 6) is 0.307. The summed E-state index contributed by atoms with van der Waals surface area (Å²) < 4.78 is 5.46. The van der Waals surface area contributed by atoms with Gasteiger partial charge >= 0.3 is 0 Å². The van der Waals surface area contributed by atoms with Crippen molar-refractivity contribution >= 4 is 17.5 Å². The van der Waals surface area contributed by atoms with E-state index in [0.29, 0.717) is 29.5 Å². The van der Waals surface area contributed by atoms with E-state index in [1.807, 2.05) is 31.2 Å². The van der Waals surface area contributed by atoms with Crippen molar-refractivity contribution in [3.05, 3.63) is 64.2 Å². The van der Waals surface area contributed by atoms with Gasteiger partial charge in [-0.1, -0.05) is 35.9 Å². The summed E-state index contributed by atoms with van der Waals surface area (Å²) in [6, 6.07) is 12.6. The van der Waals surface area contributed by atoms with Crippen LogP contribution < -0.4 is 10.1 Å².